The molecule has 142 valence electrons. The van der Waals surface area contributed by atoms with Crippen molar-refractivity contribution in [1.29, 1.82) is 0 Å². The summed E-state index contributed by atoms with van der Waals surface area (Å²) in [5.41, 5.74) is 2.45. The van der Waals surface area contributed by atoms with E-state index >= 15 is 0 Å². The van der Waals surface area contributed by atoms with Gasteiger partial charge in [-0.3, -0.25) is 9.89 Å². The number of benzene rings is 2. The van der Waals surface area contributed by atoms with E-state index in [2.05, 4.69) is 25.3 Å². The van der Waals surface area contributed by atoms with E-state index in [-0.39, 0.29) is 5.91 Å². The summed E-state index contributed by atoms with van der Waals surface area (Å²) >= 11 is 5.88. The van der Waals surface area contributed by atoms with E-state index in [4.69, 9.17) is 11.6 Å². The number of amides is 1. The summed E-state index contributed by atoms with van der Waals surface area (Å²) in [6, 6.07) is 13.0. The minimum absolute atomic E-state index is 0.121. The van der Waals surface area contributed by atoms with E-state index in [0.717, 1.165) is 35.4 Å². The monoisotopic (exact) mass is 385 g/mol. The average molecular weight is 386 g/mol. The largest absolute Gasteiger partial charge is 0.356 e. The molecule has 7 heteroatoms. The Hall–Kier alpha value is -2.57. The summed E-state index contributed by atoms with van der Waals surface area (Å²) in [6.45, 7) is 2.27. The van der Waals surface area contributed by atoms with Crippen LogP contribution in [0.25, 0.3) is 10.9 Å². The maximum Gasteiger partial charge on any atom is 0.251 e. The predicted molar refractivity (Wildman–Crippen MR) is 111 cm³/mol. The molecule has 0 saturated heterocycles. The van der Waals surface area contributed by atoms with E-state index < -0.39 is 0 Å². The molecule has 0 spiro atoms. The molecule has 2 N–H and O–H groups in total. The van der Waals surface area contributed by atoms with Crippen molar-refractivity contribution in [1.82, 2.24) is 20.4 Å². The molecule has 0 aliphatic rings. The van der Waals surface area contributed by atoms with Gasteiger partial charge in [-0.15, -0.1) is 0 Å². The van der Waals surface area contributed by atoms with Crippen molar-refractivity contribution in [3.05, 3.63) is 58.6 Å². The van der Waals surface area contributed by atoms with Gasteiger partial charge in [0.25, 0.3) is 5.91 Å². The van der Waals surface area contributed by atoms with Crippen LogP contribution in [0.4, 0.5) is 5.82 Å². The lowest BCUT2D eigenvalue weighted by atomic mass is 10.1. The third-order valence-electron chi connectivity index (χ3n) is 4.42. The number of hydrogen-bond acceptors (Lipinski definition) is 4. The number of likely N-dealkylation sites (N-methyl/N-ethyl adjacent to an activating group) is 2. The molecule has 0 unspecified atom stereocenters. The van der Waals surface area contributed by atoms with Gasteiger partial charge in [0.15, 0.2) is 5.82 Å². The lowest BCUT2D eigenvalue weighted by Crippen LogP contribution is -2.28. The highest BCUT2D eigenvalue weighted by Gasteiger charge is 2.13. The molecule has 1 amide bonds. The Balaban J connectivity index is 1.69. The van der Waals surface area contributed by atoms with Gasteiger partial charge in [-0.1, -0.05) is 23.7 Å². The van der Waals surface area contributed by atoms with Gasteiger partial charge in [-0.25, -0.2) is 0 Å². The van der Waals surface area contributed by atoms with Crippen molar-refractivity contribution >= 4 is 34.2 Å². The highest BCUT2D eigenvalue weighted by Crippen LogP contribution is 2.24. The fourth-order valence-corrected chi connectivity index (χ4v) is 2.91. The smallest absolute Gasteiger partial charge is 0.251 e. The minimum Gasteiger partial charge on any atom is -0.356 e. The Labute approximate surface area is 164 Å². The summed E-state index contributed by atoms with van der Waals surface area (Å²) in [5.74, 6) is 0.768. The second-order valence-electron chi connectivity index (χ2n) is 6.84. The first-order valence-corrected chi connectivity index (χ1v) is 9.18. The number of aromatic amines is 1. The molecule has 0 radical (unpaired) electrons. The van der Waals surface area contributed by atoms with E-state index in [9.17, 15) is 4.79 Å². The molecule has 0 saturated carbocycles. The Kier molecular flexibility index (Phi) is 5.98. The maximum absolute atomic E-state index is 12.5. The first-order chi connectivity index (χ1) is 12.9. The van der Waals surface area contributed by atoms with Crippen LogP contribution >= 0.6 is 11.6 Å². The second kappa shape index (κ2) is 8.41. The van der Waals surface area contributed by atoms with E-state index in [1.165, 1.54) is 0 Å². The number of halogens is 1. The van der Waals surface area contributed by atoms with Crippen LogP contribution in [0, 0.1) is 0 Å². The van der Waals surface area contributed by atoms with Crippen LogP contribution in [0.15, 0.2) is 42.5 Å². The summed E-state index contributed by atoms with van der Waals surface area (Å²) in [5, 5.41) is 12.1. The first-order valence-electron chi connectivity index (χ1n) is 8.80. The average Bonchev–Trinajstić information content (AvgIpc) is 3.08. The zero-order valence-electron chi connectivity index (χ0n) is 15.8. The van der Waals surface area contributed by atoms with E-state index in [1.54, 1.807) is 0 Å². The molecular formula is C20H24ClN5O. The molecule has 27 heavy (non-hydrogen) atoms. The van der Waals surface area contributed by atoms with Gasteiger partial charge in [0.2, 0.25) is 0 Å². The number of H-pyrrole nitrogens is 1. The lowest BCUT2D eigenvalue weighted by molar-refractivity contribution is 0.0951. The third kappa shape index (κ3) is 4.78. The molecule has 0 aliphatic carbocycles. The highest BCUT2D eigenvalue weighted by atomic mass is 35.5. The molecule has 3 aromatic rings. The quantitative estimate of drug-likeness (QED) is 0.655. The van der Waals surface area contributed by atoms with Crippen LogP contribution in [0.5, 0.6) is 0 Å². The van der Waals surface area contributed by atoms with Crippen molar-refractivity contribution < 1.29 is 4.79 Å². The number of carbonyl (C=O) groups is 1. The fraction of sp³-hybridized carbons (Fsp3) is 0.300. The van der Waals surface area contributed by atoms with Gasteiger partial charge < -0.3 is 15.1 Å². The van der Waals surface area contributed by atoms with E-state index in [0.29, 0.717) is 17.1 Å². The fourth-order valence-electron chi connectivity index (χ4n) is 2.78. The minimum atomic E-state index is -0.121. The number of nitrogens with zero attached hydrogens (tertiary/aromatic N) is 3. The van der Waals surface area contributed by atoms with Gasteiger partial charge in [-0.2, -0.15) is 5.10 Å². The van der Waals surface area contributed by atoms with Crippen LogP contribution in [-0.4, -0.2) is 55.2 Å². The standard InChI is InChI=1S/C20H24ClN5O/c1-25(2)10-11-26(3)19-17-9-6-15(12-18(17)23-24-19)20(27)22-13-14-4-7-16(21)8-5-14/h4-9,12H,10-11,13H2,1-3H3,(H,22,27)(H,23,24). The number of fused-ring (bicyclic) bond motifs is 1. The molecule has 0 atom stereocenters. The van der Waals surface area contributed by atoms with Gasteiger partial charge in [0.1, 0.15) is 0 Å². The molecule has 0 bridgehead atoms. The third-order valence-corrected chi connectivity index (χ3v) is 4.67. The number of carbonyl (C=O) groups excluding carboxylic acids is 1. The Bertz CT molecular complexity index is 920. The Morgan fingerprint density at radius 3 is 2.56 bits per heavy atom. The van der Waals surface area contributed by atoms with Crippen LogP contribution in [0.1, 0.15) is 15.9 Å². The molecule has 0 aliphatic heterocycles. The van der Waals surface area contributed by atoms with Gasteiger partial charge in [-0.05, 0) is 50.0 Å². The molecule has 0 fully saturated rings. The Morgan fingerprint density at radius 2 is 1.85 bits per heavy atom. The van der Waals surface area contributed by atoms with Crippen molar-refractivity contribution in [2.24, 2.45) is 0 Å². The topological polar surface area (TPSA) is 64.3 Å². The number of hydrogen-bond donors (Lipinski definition) is 2. The van der Waals surface area contributed by atoms with Crippen LogP contribution in [0.2, 0.25) is 5.02 Å². The predicted octanol–water partition coefficient (Wildman–Crippen LogP) is 3.14. The molecule has 3 rings (SSSR count). The highest BCUT2D eigenvalue weighted by molar-refractivity contribution is 6.30. The normalized spacial score (nSPS) is 11.1. The molecular weight excluding hydrogens is 362 g/mol. The van der Waals surface area contributed by atoms with Crippen molar-refractivity contribution in [3.8, 4) is 0 Å². The van der Waals surface area contributed by atoms with Crippen molar-refractivity contribution in [2.45, 2.75) is 6.54 Å². The maximum atomic E-state index is 12.5. The first kappa shape index (κ1) is 19.2. The van der Waals surface area contributed by atoms with Crippen LogP contribution in [0.3, 0.4) is 0 Å². The Morgan fingerprint density at radius 1 is 1.11 bits per heavy atom. The second-order valence-corrected chi connectivity index (χ2v) is 7.28. The summed E-state index contributed by atoms with van der Waals surface area (Å²) in [4.78, 5) is 16.7. The van der Waals surface area contributed by atoms with Crippen LogP contribution in [-0.2, 0) is 6.54 Å². The number of anilines is 1. The lowest BCUT2D eigenvalue weighted by Gasteiger charge is -2.19. The number of rotatable bonds is 7. The van der Waals surface area contributed by atoms with Gasteiger partial charge in [0, 0.05) is 42.7 Å². The summed E-state index contributed by atoms with van der Waals surface area (Å²) < 4.78 is 0. The summed E-state index contributed by atoms with van der Waals surface area (Å²) in [6.07, 6.45) is 0. The molecule has 1 heterocycles. The van der Waals surface area contributed by atoms with Crippen molar-refractivity contribution in [3.63, 3.8) is 0 Å². The zero-order chi connectivity index (χ0) is 19.4. The molecule has 6 nitrogen and oxygen atoms in total. The number of aromatic nitrogens is 2. The van der Waals surface area contributed by atoms with Gasteiger partial charge >= 0.3 is 0 Å². The molecule has 2 aromatic carbocycles. The summed E-state index contributed by atoms with van der Waals surface area (Å²) in [7, 11) is 6.11. The van der Waals surface area contributed by atoms with Gasteiger partial charge in [0.05, 0.1) is 5.52 Å². The molecule has 1 aromatic heterocycles. The number of nitrogens with one attached hydrogen (secondary N) is 2. The zero-order valence-corrected chi connectivity index (χ0v) is 16.5. The van der Waals surface area contributed by atoms with Crippen molar-refractivity contribution in [2.75, 3.05) is 39.1 Å². The van der Waals surface area contributed by atoms with E-state index in [1.807, 2.05) is 63.6 Å². The van der Waals surface area contributed by atoms with Crippen LogP contribution < -0.4 is 10.2 Å². The SMILES string of the molecule is CN(C)CCN(C)c1n[nH]c2cc(C(=O)NCc3ccc(Cl)cc3)ccc12.